The van der Waals surface area contributed by atoms with Crippen LogP contribution in [0.1, 0.15) is 21.5 Å². The Kier molecular flexibility index (Phi) is 4.17. The van der Waals surface area contributed by atoms with E-state index in [-0.39, 0.29) is 5.91 Å². The number of nitrogens with zero attached hydrogens (tertiary/aromatic N) is 1. The van der Waals surface area contributed by atoms with Gasteiger partial charge in [0.15, 0.2) is 0 Å². The van der Waals surface area contributed by atoms with Crippen LogP contribution >= 0.6 is 11.6 Å². The summed E-state index contributed by atoms with van der Waals surface area (Å²) in [6.45, 7) is 0. The first-order valence-corrected chi connectivity index (χ1v) is 6.23. The fourth-order valence-corrected chi connectivity index (χ4v) is 1.80. The second-order valence-electron chi connectivity index (χ2n) is 3.98. The van der Waals surface area contributed by atoms with Gasteiger partial charge < -0.3 is 5.32 Å². The number of carbonyl (C=O) groups excluding carboxylic acids is 1. The molecule has 0 spiro atoms. The standard InChI is InChI=1S/C15H11ClN2O/c16-9-12-2-1-3-14(8-12)18-15(19)13-6-4-11(10-17)5-7-13/h1-8H,9H2,(H,18,19). The fraction of sp³-hybridized carbons (Fsp3) is 0.0667. The Labute approximate surface area is 116 Å². The van der Waals surface area contributed by atoms with Crippen LogP contribution in [-0.2, 0) is 5.88 Å². The topological polar surface area (TPSA) is 52.9 Å². The molecule has 0 aromatic heterocycles. The zero-order chi connectivity index (χ0) is 13.7. The molecule has 0 atom stereocenters. The van der Waals surface area contributed by atoms with Crippen LogP contribution in [-0.4, -0.2) is 5.91 Å². The van der Waals surface area contributed by atoms with E-state index in [0.29, 0.717) is 22.7 Å². The summed E-state index contributed by atoms with van der Waals surface area (Å²) >= 11 is 5.74. The largest absolute Gasteiger partial charge is 0.322 e. The molecule has 2 rings (SSSR count). The average molecular weight is 271 g/mol. The number of carbonyl (C=O) groups is 1. The third-order valence-electron chi connectivity index (χ3n) is 2.62. The van der Waals surface area contributed by atoms with Gasteiger partial charge in [-0.15, -0.1) is 11.6 Å². The molecule has 0 heterocycles. The lowest BCUT2D eigenvalue weighted by molar-refractivity contribution is 0.102. The van der Waals surface area contributed by atoms with Gasteiger partial charge in [0.2, 0.25) is 0 Å². The summed E-state index contributed by atoms with van der Waals surface area (Å²) < 4.78 is 0. The van der Waals surface area contributed by atoms with E-state index < -0.39 is 0 Å². The van der Waals surface area contributed by atoms with E-state index in [9.17, 15) is 4.79 Å². The minimum atomic E-state index is -0.212. The molecule has 1 N–H and O–H groups in total. The molecule has 2 aromatic rings. The number of anilines is 1. The Morgan fingerprint density at radius 1 is 1.21 bits per heavy atom. The molecule has 0 fully saturated rings. The third-order valence-corrected chi connectivity index (χ3v) is 2.92. The summed E-state index contributed by atoms with van der Waals surface area (Å²) in [5.74, 6) is 0.192. The van der Waals surface area contributed by atoms with Crippen molar-refractivity contribution in [1.82, 2.24) is 0 Å². The highest BCUT2D eigenvalue weighted by atomic mass is 35.5. The predicted octanol–water partition coefficient (Wildman–Crippen LogP) is 3.55. The smallest absolute Gasteiger partial charge is 0.255 e. The summed E-state index contributed by atoms with van der Waals surface area (Å²) in [6.07, 6.45) is 0. The highest BCUT2D eigenvalue weighted by Gasteiger charge is 2.06. The molecule has 1 amide bonds. The van der Waals surface area contributed by atoms with E-state index in [0.717, 1.165) is 5.56 Å². The van der Waals surface area contributed by atoms with Gasteiger partial charge in [-0.3, -0.25) is 4.79 Å². The zero-order valence-electron chi connectivity index (χ0n) is 10.1. The monoisotopic (exact) mass is 270 g/mol. The molecule has 94 valence electrons. The Morgan fingerprint density at radius 2 is 1.95 bits per heavy atom. The van der Waals surface area contributed by atoms with Crippen LogP contribution in [0.3, 0.4) is 0 Å². The molecule has 4 heteroatoms. The van der Waals surface area contributed by atoms with Crippen LogP contribution < -0.4 is 5.32 Å². The minimum Gasteiger partial charge on any atom is -0.322 e. The quantitative estimate of drug-likeness (QED) is 0.867. The van der Waals surface area contributed by atoms with Crippen molar-refractivity contribution in [2.75, 3.05) is 5.32 Å². The van der Waals surface area contributed by atoms with Crippen molar-refractivity contribution in [2.45, 2.75) is 5.88 Å². The van der Waals surface area contributed by atoms with Gasteiger partial charge in [0, 0.05) is 17.1 Å². The van der Waals surface area contributed by atoms with Crippen LogP contribution in [0.15, 0.2) is 48.5 Å². The molecule has 0 aliphatic rings. The lowest BCUT2D eigenvalue weighted by atomic mass is 10.1. The fourth-order valence-electron chi connectivity index (χ4n) is 1.63. The normalized spacial score (nSPS) is 9.68. The molecule has 0 saturated heterocycles. The first-order valence-electron chi connectivity index (χ1n) is 5.69. The SMILES string of the molecule is N#Cc1ccc(C(=O)Nc2cccc(CCl)c2)cc1. The van der Waals surface area contributed by atoms with Gasteiger partial charge in [-0.25, -0.2) is 0 Å². The van der Waals surface area contributed by atoms with Crippen molar-refractivity contribution in [2.24, 2.45) is 0 Å². The highest BCUT2D eigenvalue weighted by Crippen LogP contribution is 2.14. The lowest BCUT2D eigenvalue weighted by Crippen LogP contribution is -2.11. The molecule has 0 bridgehead atoms. The molecule has 19 heavy (non-hydrogen) atoms. The number of benzene rings is 2. The van der Waals surface area contributed by atoms with Crippen molar-refractivity contribution in [1.29, 1.82) is 5.26 Å². The first kappa shape index (κ1) is 13.1. The Bertz CT molecular complexity index is 629. The van der Waals surface area contributed by atoms with Crippen molar-refractivity contribution in [3.63, 3.8) is 0 Å². The van der Waals surface area contributed by atoms with Gasteiger partial charge in [0.05, 0.1) is 11.6 Å². The van der Waals surface area contributed by atoms with E-state index >= 15 is 0 Å². The number of nitriles is 1. The second-order valence-corrected chi connectivity index (χ2v) is 4.24. The van der Waals surface area contributed by atoms with E-state index in [2.05, 4.69) is 5.32 Å². The lowest BCUT2D eigenvalue weighted by Gasteiger charge is -2.06. The van der Waals surface area contributed by atoms with Crippen molar-refractivity contribution in [3.05, 3.63) is 65.2 Å². The van der Waals surface area contributed by atoms with Crippen LogP contribution in [0.25, 0.3) is 0 Å². The van der Waals surface area contributed by atoms with Gasteiger partial charge in [-0.1, -0.05) is 12.1 Å². The Balaban J connectivity index is 2.13. The molecule has 0 aliphatic heterocycles. The Morgan fingerprint density at radius 3 is 2.58 bits per heavy atom. The molecule has 0 saturated carbocycles. The molecule has 2 aromatic carbocycles. The van der Waals surface area contributed by atoms with Crippen molar-refractivity contribution >= 4 is 23.2 Å². The number of hydrogen-bond acceptors (Lipinski definition) is 2. The summed E-state index contributed by atoms with van der Waals surface area (Å²) in [5, 5.41) is 11.5. The maximum absolute atomic E-state index is 12.0. The average Bonchev–Trinajstić information content (AvgIpc) is 2.47. The second kappa shape index (κ2) is 6.03. The van der Waals surface area contributed by atoms with Crippen LogP contribution in [0.4, 0.5) is 5.69 Å². The van der Waals surface area contributed by atoms with Crippen LogP contribution in [0.5, 0.6) is 0 Å². The van der Waals surface area contributed by atoms with E-state index in [1.807, 2.05) is 24.3 Å². The summed E-state index contributed by atoms with van der Waals surface area (Å²) in [4.78, 5) is 12.0. The van der Waals surface area contributed by atoms with Crippen molar-refractivity contribution in [3.8, 4) is 6.07 Å². The maximum atomic E-state index is 12.0. The van der Waals surface area contributed by atoms with E-state index in [1.54, 1.807) is 30.3 Å². The van der Waals surface area contributed by atoms with E-state index in [1.165, 1.54) is 0 Å². The van der Waals surface area contributed by atoms with Crippen molar-refractivity contribution < 1.29 is 4.79 Å². The van der Waals surface area contributed by atoms with Gasteiger partial charge >= 0.3 is 0 Å². The number of hydrogen-bond donors (Lipinski definition) is 1. The maximum Gasteiger partial charge on any atom is 0.255 e. The van der Waals surface area contributed by atoms with Crippen LogP contribution in [0, 0.1) is 11.3 Å². The van der Waals surface area contributed by atoms with E-state index in [4.69, 9.17) is 16.9 Å². The number of rotatable bonds is 3. The van der Waals surface area contributed by atoms with Gasteiger partial charge in [0.25, 0.3) is 5.91 Å². The van der Waals surface area contributed by atoms with Gasteiger partial charge in [-0.2, -0.15) is 5.26 Å². The third kappa shape index (κ3) is 3.34. The predicted molar refractivity (Wildman–Crippen MR) is 75.1 cm³/mol. The number of amides is 1. The molecule has 0 aliphatic carbocycles. The first-order chi connectivity index (χ1) is 9.22. The number of halogens is 1. The van der Waals surface area contributed by atoms with Gasteiger partial charge in [0.1, 0.15) is 0 Å². The Hall–Kier alpha value is -2.31. The molecule has 3 nitrogen and oxygen atoms in total. The molecular weight excluding hydrogens is 260 g/mol. The highest BCUT2D eigenvalue weighted by molar-refractivity contribution is 6.17. The minimum absolute atomic E-state index is 0.212. The summed E-state index contributed by atoms with van der Waals surface area (Å²) in [7, 11) is 0. The zero-order valence-corrected chi connectivity index (χ0v) is 10.8. The number of alkyl halides is 1. The van der Waals surface area contributed by atoms with Crippen LogP contribution in [0.2, 0.25) is 0 Å². The molecular formula is C15H11ClN2O. The number of nitrogens with one attached hydrogen (secondary N) is 1. The summed E-state index contributed by atoms with van der Waals surface area (Å²) in [6, 6.07) is 15.9. The van der Waals surface area contributed by atoms with Gasteiger partial charge in [-0.05, 0) is 42.0 Å². The summed E-state index contributed by atoms with van der Waals surface area (Å²) in [5.41, 5.74) is 2.68. The molecule has 0 unspecified atom stereocenters. The molecule has 0 radical (unpaired) electrons.